The van der Waals surface area contributed by atoms with Crippen molar-refractivity contribution in [3.8, 4) is 0 Å². The third kappa shape index (κ3) is 1.66. The van der Waals surface area contributed by atoms with E-state index in [1.807, 2.05) is 24.3 Å². The number of carboxylic acid groups (broad SMARTS) is 1. The van der Waals surface area contributed by atoms with Crippen LogP contribution in [-0.2, 0) is 14.6 Å². The molecule has 0 saturated heterocycles. The lowest BCUT2D eigenvalue weighted by molar-refractivity contribution is -0.142. The van der Waals surface area contributed by atoms with E-state index in [1.54, 1.807) is 12.1 Å². The quantitative estimate of drug-likeness (QED) is 0.943. The lowest BCUT2D eigenvalue weighted by atomic mass is 9.84. The van der Waals surface area contributed by atoms with Gasteiger partial charge in [-0.1, -0.05) is 30.3 Å². The molecule has 1 aliphatic rings. The number of benzene rings is 2. The van der Waals surface area contributed by atoms with E-state index >= 15 is 0 Å². The van der Waals surface area contributed by atoms with E-state index in [2.05, 4.69) is 0 Å². The molecule has 0 heterocycles. The summed E-state index contributed by atoms with van der Waals surface area (Å²) in [5, 5.41) is 11.0. The number of hydrogen-bond acceptors (Lipinski definition) is 3. The van der Waals surface area contributed by atoms with Gasteiger partial charge in [0.2, 0.25) is 0 Å². The zero-order chi connectivity index (χ0) is 14.4. The molecule has 1 N–H and O–H groups in total. The van der Waals surface area contributed by atoms with Gasteiger partial charge in [-0.2, -0.15) is 0 Å². The average Bonchev–Trinajstić information content (AvgIpc) is 2.35. The zero-order valence-electron chi connectivity index (χ0n) is 10.7. The second-order valence-corrected chi connectivity index (χ2v) is 7.43. The van der Waals surface area contributed by atoms with Crippen molar-refractivity contribution < 1.29 is 18.3 Å². The van der Waals surface area contributed by atoms with E-state index in [9.17, 15) is 18.3 Å². The first-order chi connectivity index (χ1) is 9.47. The Kier molecular flexibility index (Phi) is 2.83. The smallest absolute Gasteiger partial charge is 0.325 e. The highest BCUT2D eigenvalue weighted by atomic mass is 32.2. The summed E-state index contributed by atoms with van der Waals surface area (Å²) in [7, 11) is -3.85. The zero-order valence-corrected chi connectivity index (χ0v) is 11.6. The highest BCUT2D eigenvalue weighted by molar-refractivity contribution is 7.93. The Morgan fingerprint density at radius 3 is 2.25 bits per heavy atom. The van der Waals surface area contributed by atoms with Gasteiger partial charge in [-0.05, 0) is 42.2 Å². The molecule has 0 bridgehead atoms. The molecule has 2 aromatic carbocycles. The summed E-state index contributed by atoms with van der Waals surface area (Å²) in [6, 6.07) is 12.2. The van der Waals surface area contributed by atoms with Crippen LogP contribution in [0, 0.1) is 0 Å². The van der Waals surface area contributed by atoms with Crippen molar-refractivity contribution in [1.29, 1.82) is 0 Å². The summed E-state index contributed by atoms with van der Waals surface area (Å²) in [5.41, 5.74) is 0. The molecule has 0 amide bonds. The van der Waals surface area contributed by atoms with Gasteiger partial charge in [0.15, 0.2) is 14.6 Å². The van der Waals surface area contributed by atoms with Crippen LogP contribution < -0.4 is 0 Å². The molecule has 0 unspecified atom stereocenters. The first-order valence-electron chi connectivity index (χ1n) is 6.44. The average molecular weight is 290 g/mol. The Morgan fingerprint density at radius 2 is 1.70 bits per heavy atom. The Hall–Kier alpha value is -1.88. The maximum absolute atomic E-state index is 12.6. The van der Waals surface area contributed by atoms with Crippen molar-refractivity contribution in [3.63, 3.8) is 0 Å². The van der Waals surface area contributed by atoms with Crippen molar-refractivity contribution in [2.75, 3.05) is 0 Å². The molecule has 1 saturated carbocycles. The minimum absolute atomic E-state index is 0.0956. The van der Waals surface area contributed by atoms with Crippen LogP contribution in [0.2, 0.25) is 0 Å². The van der Waals surface area contributed by atoms with Crippen LogP contribution in [0.25, 0.3) is 10.8 Å². The molecule has 1 fully saturated rings. The van der Waals surface area contributed by atoms with Gasteiger partial charge in [0.25, 0.3) is 0 Å². The molecule has 20 heavy (non-hydrogen) atoms. The van der Waals surface area contributed by atoms with Crippen LogP contribution in [0.15, 0.2) is 47.4 Å². The van der Waals surface area contributed by atoms with E-state index in [0.29, 0.717) is 6.42 Å². The lowest BCUT2D eigenvalue weighted by Gasteiger charge is -2.36. The number of fused-ring (bicyclic) bond motifs is 1. The Balaban J connectivity index is 2.16. The highest BCUT2D eigenvalue weighted by Crippen LogP contribution is 2.43. The van der Waals surface area contributed by atoms with Gasteiger partial charge in [-0.25, -0.2) is 8.42 Å². The molecule has 2 aromatic rings. The van der Waals surface area contributed by atoms with Crippen LogP contribution >= 0.6 is 0 Å². The Morgan fingerprint density at radius 1 is 1.05 bits per heavy atom. The van der Waals surface area contributed by atoms with Crippen molar-refractivity contribution >= 4 is 26.6 Å². The fourth-order valence-corrected chi connectivity index (χ4v) is 4.69. The normalized spacial score (nSPS) is 17.6. The van der Waals surface area contributed by atoms with Crippen LogP contribution in [0.5, 0.6) is 0 Å². The summed E-state index contributed by atoms with van der Waals surface area (Å²) in [6.45, 7) is 0. The van der Waals surface area contributed by atoms with E-state index in [-0.39, 0.29) is 17.7 Å². The second-order valence-electron chi connectivity index (χ2n) is 5.17. The topological polar surface area (TPSA) is 71.4 Å². The molecular formula is C15H14O4S. The Labute approximate surface area is 117 Å². The predicted octanol–water partition coefficient (Wildman–Crippen LogP) is 2.62. The molecule has 0 spiro atoms. The minimum atomic E-state index is -3.85. The standard InChI is InChI=1S/C15H14O4S/c16-14(17)15(8-3-9-15)20(18,19)13-7-6-11-4-1-2-5-12(11)10-13/h1-2,4-7,10H,3,8-9H2,(H,16,17). The van der Waals surface area contributed by atoms with E-state index in [1.165, 1.54) is 6.07 Å². The predicted molar refractivity (Wildman–Crippen MR) is 75.4 cm³/mol. The molecular weight excluding hydrogens is 276 g/mol. The molecule has 0 radical (unpaired) electrons. The SMILES string of the molecule is O=C(O)C1(S(=O)(=O)c2ccc3ccccc3c2)CCC1. The van der Waals surface area contributed by atoms with Crippen molar-refractivity contribution in [2.45, 2.75) is 28.9 Å². The molecule has 104 valence electrons. The second kappa shape index (κ2) is 4.31. The molecule has 4 nitrogen and oxygen atoms in total. The molecule has 5 heteroatoms. The monoisotopic (exact) mass is 290 g/mol. The summed E-state index contributed by atoms with van der Waals surface area (Å²) in [6.07, 6.45) is 1.02. The van der Waals surface area contributed by atoms with Crippen LogP contribution in [0.4, 0.5) is 0 Å². The van der Waals surface area contributed by atoms with Gasteiger partial charge in [-0.15, -0.1) is 0 Å². The number of carbonyl (C=O) groups is 1. The van der Waals surface area contributed by atoms with E-state index < -0.39 is 20.6 Å². The van der Waals surface area contributed by atoms with Crippen LogP contribution in [0.3, 0.4) is 0 Å². The fourth-order valence-electron chi connectivity index (χ4n) is 2.66. The number of aliphatic carboxylic acids is 1. The van der Waals surface area contributed by atoms with Gasteiger partial charge < -0.3 is 5.11 Å². The largest absolute Gasteiger partial charge is 0.480 e. The maximum Gasteiger partial charge on any atom is 0.325 e. The number of sulfone groups is 1. The first-order valence-corrected chi connectivity index (χ1v) is 7.92. The first kappa shape index (κ1) is 13.1. The third-order valence-electron chi connectivity index (χ3n) is 4.10. The minimum Gasteiger partial charge on any atom is -0.480 e. The molecule has 3 rings (SSSR count). The molecule has 0 atom stereocenters. The van der Waals surface area contributed by atoms with E-state index in [4.69, 9.17) is 0 Å². The van der Waals surface area contributed by atoms with Crippen LogP contribution in [0.1, 0.15) is 19.3 Å². The fraction of sp³-hybridized carbons (Fsp3) is 0.267. The Bertz CT molecular complexity index is 788. The van der Waals surface area contributed by atoms with Gasteiger partial charge in [0.1, 0.15) is 0 Å². The summed E-state index contributed by atoms with van der Waals surface area (Å²) in [4.78, 5) is 11.5. The summed E-state index contributed by atoms with van der Waals surface area (Å²) < 4.78 is 23.7. The molecule has 0 aliphatic heterocycles. The van der Waals surface area contributed by atoms with Gasteiger partial charge in [0.05, 0.1) is 4.90 Å². The van der Waals surface area contributed by atoms with E-state index in [0.717, 1.165) is 10.8 Å². The van der Waals surface area contributed by atoms with Gasteiger partial charge in [0, 0.05) is 0 Å². The van der Waals surface area contributed by atoms with Gasteiger partial charge in [-0.3, -0.25) is 4.79 Å². The van der Waals surface area contributed by atoms with Crippen molar-refractivity contribution in [2.24, 2.45) is 0 Å². The lowest BCUT2D eigenvalue weighted by Crippen LogP contribution is -2.51. The molecule has 0 aromatic heterocycles. The van der Waals surface area contributed by atoms with Gasteiger partial charge >= 0.3 is 5.97 Å². The number of rotatable bonds is 3. The van der Waals surface area contributed by atoms with Crippen molar-refractivity contribution in [1.82, 2.24) is 0 Å². The summed E-state index contributed by atoms with van der Waals surface area (Å²) >= 11 is 0. The third-order valence-corrected chi connectivity index (χ3v) is 6.58. The van der Waals surface area contributed by atoms with Crippen LogP contribution in [-0.4, -0.2) is 24.2 Å². The number of hydrogen-bond donors (Lipinski definition) is 1. The number of carboxylic acids is 1. The maximum atomic E-state index is 12.6. The van der Waals surface area contributed by atoms with Crippen molar-refractivity contribution in [3.05, 3.63) is 42.5 Å². The molecule has 1 aliphatic carbocycles. The highest BCUT2D eigenvalue weighted by Gasteiger charge is 2.56. The summed E-state index contributed by atoms with van der Waals surface area (Å²) in [5.74, 6) is -1.24.